The van der Waals surface area contributed by atoms with Gasteiger partial charge in [-0.3, -0.25) is 4.79 Å². The topological polar surface area (TPSA) is 75.4 Å². The molecule has 0 saturated heterocycles. The van der Waals surface area contributed by atoms with Crippen LogP contribution in [0.25, 0.3) is 0 Å². The number of rotatable bonds is 4. The van der Waals surface area contributed by atoms with Crippen LogP contribution in [0.4, 0.5) is 0 Å². The van der Waals surface area contributed by atoms with E-state index in [2.05, 4.69) is 5.32 Å². The fraction of sp³-hybridized carbons (Fsp3) is 0.909. The van der Waals surface area contributed by atoms with Gasteiger partial charge < -0.3 is 16.2 Å². The lowest BCUT2D eigenvalue weighted by Crippen LogP contribution is -2.47. The fourth-order valence-corrected chi connectivity index (χ4v) is 1.99. The largest absolute Gasteiger partial charge is 0.391 e. The van der Waals surface area contributed by atoms with Crippen LogP contribution in [0.3, 0.4) is 0 Å². The van der Waals surface area contributed by atoms with Crippen molar-refractivity contribution in [3.05, 3.63) is 0 Å². The second-order valence-electron chi connectivity index (χ2n) is 4.45. The highest BCUT2D eigenvalue weighted by Crippen LogP contribution is 2.18. The minimum Gasteiger partial charge on any atom is -0.391 e. The number of carbonyl (C=O) groups is 1. The van der Waals surface area contributed by atoms with Crippen molar-refractivity contribution in [3.8, 4) is 0 Å². The van der Waals surface area contributed by atoms with Crippen molar-refractivity contribution in [3.63, 3.8) is 0 Å². The molecule has 1 aliphatic carbocycles. The Hall–Kier alpha value is -0.610. The standard InChI is InChI=1S/C11H22N2O2/c1-8(6-7-12)11(15)13-9-4-2-3-5-10(9)14/h8-10,14H,2-7,12H2,1H3,(H,13,15)/t8?,9-,10-/m0/s1. The van der Waals surface area contributed by atoms with Gasteiger partial charge in [-0.05, 0) is 25.8 Å². The summed E-state index contributed by atoms with van der Waals surface area (Å²) < 4.78 is 0. The molecule has 4 heteroatoms. The van der Waals surface area contributed by atoms with Gasteiger partial charge in [-0.15, -0.1) is 0 Å². The molecule has 4 N–H and O–H groups in total. The van der Waals surface area contributed by atoms with Gasteiger partial charge in [-0.2, -0.15) is 0 Å². The molecule has 3 atom stereocenters. The highest BCUT2D eigenvalue weighted by atomic mass is 16.3. The molecule has 0 bridgehead atoms. The summed E-state index contributed by atoms with van der Waals surface area (Å²) in [5, 5.41) is 12.6. The Bertz CT molecular complexity index is 209. The second kappa shape index (κ2) is 6.08. The summed E-state index contributed by atoms with van der Waals surface area (Å²) >= 11 is 0. The lowest BCUT2D eigenvalue weighted by atomic mass is 9.92. The average molecular weight is 214 g/mol. The maximum Gasteiger partial charge on any atom is 0.223 e. The molecular weight excluding hydrogens is 192 g/mol. The number of hydrogen-bond acceptors (Lipinski definition) is 3. The maximum absolute atomic E-state index is 11.7. The van der Waals surface area contributed by atoms with E-state index in [1.54, 1.807) is 0 Å². The lowest BCUT2D eigenvalue weighted by Gasteiger charge is -2.29. The first-order valence-electron chi connectivity index (χ1n) is 5.83. The van der Waals surface area contributed by atoms with Gasteiger partial charge in [0.1, 0.15) is 0 Å². The number of aliphatic hydroxyl groups is 1. The number of amides is 1. The third-order valence-electron chi connectivity index (χ3n) is 3.10. The molecule has 1 unspecified atom stereocenters. The van der Waals surface area contributed by atoms with Gasteiger partial charge >= 0.3 is 0 Å². The van der Waals surface area contributed by atoms with E-state index in [0.29, 0.717) is 13.0 Å². The van der Waals surface area contributed by atoms with E-state index < -0.39 is 0 Å². The van der Waals surface area contributed by atoms with Gasteiger partial charge in [-0.1, -0.05) is 19.8 Å². The molecule has 1 saturated carbocycles. The van der Waals surface area contributed by atoms with Gasteiger partial charge in [0, 0.05) is 5.92 Å². The molecule has 88 valence electrons. The first-order chi connectivity index (χ1) is 7.15. The molecule has 1 fully saturated rings. The fourth-order valence-electron chi connectivity index (χ4n) is 1.99. The van der Waals surface area contributed by atoms with E-state index >= 15 is 0 Å². The predicted octanol–water partition coefficient (Wildman–Crippen LogP) is 0.391. The van der Waals surface area contributed by atoms with Gasteiger partial charge in [0.05, 0.1) is 12.1 Å². The number of nitrogens with one attached hydrogen (secondary N) is 1. The van der Waals surface area contributed by atoms with Gasteiger partial charge in [0.15, 0.2) is 0 Å². The SMILES string of the molecule is CC(CCN)C(=O)N[C@H]1CCCC[C@@H]1O. The van der Waals surface area contributed by atoms with E-state index in [0.717, 1.165) is 25.7 Å². The van der Waals surface area contributed by atoms with Crippen LogP contribution in [0.1, 0.15) is 39.0 Å². The highest BCUT2D eigenvalue weighted by Gasteiger charge is 2.25. The molecule has 1 amide bonds. The smallest absolute Gasteiger partial charge is 0.223 e. The third kappa shape index (κ3) is 3.80. The molecule has 1 aliphatic rings. The van der Waals surface area contributed by atoms with E-state index in [-0.39, 0.29) is 24.0 Å². The first kappa shape index (κ1) is 12.5. The van der Waals surface area contributed by atoms with Crippen LogP contribution in [0.2, 0.25) is 0 Å². The minimum absolute atomic E-state index is 0.0198. The normalized spacial score (nSPS) is 28.5. The Morgan fingerprint density at radius 2 is 2.20 bits per heavy atom. The Labute approximate surface area is 91.2 Å². The molecule has 0 radical (unpaired) electrons. The zero-order chi connectivity index (χ0) is 11.3. The Balaban J connectivity index is 2.35. The Morgan fingerprint density at radius 1 is 1.53 bits per heavy atom. The van der Waals surface area contributed by atoms with Crippen molar-refractivity contribution in [1.82, 2.24) is 5.32 Å². The predicted molar refractivity (Wildman–Crippen MR) is 59.2 cm³/mol. The van der Waals surface area contributed by atoms with Gasteiger partial charge in [0.25, 0.3) is 0 Å². The molecule has 1 rings (SSSR count). The molecule has 0 aromatic carbocycles. The molecule has 0 spiro atoms. The van der Waals surface area contributed by atoms with Crippen molar-refractivity contribution in [2.45, 2.75) is 51.2 Å². The molecular formula is C11H22N2O2. The quantitative estimate of drug-likeness (QED) is 0.633. The molecule has 15 heavy (non-hydrogen) atoms. The minimum atomic E-state index is -0.368. The van der Waals surface area contributed by atoms with Crippen molar-refractivity contribution in [1.29, 1.82) is 0 Å². The summed E-state index contributed by atoms with van der Waals surface area (Å²) in [5.74, 6) is -0.0319. The van der Waals surface area contributed by atoms with E-state index in [1.807, 2.05) is 6.92 Å². The van der Waals surface area contributed by atoms with Crippen LogP contribution in [0.15, 0.2) is 0 Å². The number of carbonyl (C=O) groups excluding carboxylic acids is 1. The van der Waals surface area contributed by atoms with Gasteiger partial charge in [-0.25, -0.2) is 0 Å². The van der Waals surface area contributed by atoms with Crippen LogP contribution in [0.5, 0.6) is 0 Å². The van der Waals surface area contributed by atoms with Crippen molar-refractivity contribution < 1.29 is 9.90 Å². The van der Waals surface area contributed by atoms with Crippen LogP contribution in [-0.4, -0.2) is 29.7 Å². The van der Waals surface area contributed by atoms with Crippen molar-refractivity contribution in [2.24, 2.45) is 11.7 Å². The van der Waals surface area contributed by atoms with E-state index in [9.17, 15) is 9.90 Å². The van der Waals surface area contributed by atoms with Gasteiger partial charge in [0.2, 0.25) is 5.91 Å². The third-order valence-corrected chi connectivity index (χ3v) is 3.10. The summed E-state index contributed by atoms with van der Waals surface area (Å²) in [6.45, 7) is 2.40. The second-order valence-corrected chi connectivity index (χ2v) is 4.45. The lowest BCUT2D eigenvalue weighted by molar-refractivity contribution is -0.126. The van der Waals surface area contributed by atoms with Crippen LogP contribution >= 0.6 is 0 Å². The Morgan fingerprint density at radius 3 is 2.80 bits per heavy atom. The summed E-state index contributed by atoms with van der Waals surface area (Å²) in [6.07, 6.45) is 4.18. The van der Waals surface area contributed by atoms with Crippen molar-refractivity contribution >= 4 is 5.91 Å². The molecule has 0 heterocycles. The van der Waals surface area contributed by atoms with Crippen LogP contribution in [0, 0.1) is 5.92 Å². The van der Waals surface area contributed by atoms with E-state index in [4.69, 9.17) is 5.73 Å². The number of nitrogens with two attached hydrogens (primary N) is 1. The molecule has 0 aliphatic heterocycles. The monoisotopic (exact) mass is 214 g/mol. The molecule has 0 aromatic rings. The average Bonchev–Trinajstić information content (AvgIpc) is 2.21. The summed E-state index contributed by atoms with van der Waals surface area (Å²) in [6, 6.07) is -0.0496. The molecule has 4 nitrogen and oxygen atoms in total. The van der Waals surface area contributed by atoms with Crippen molar-refractivity contribution in [2.75, 3.05) is 6.54 Å². The van der Waals surface area contributed by atoms with Crippen LogP contribution < -0.4 is 11.1 Å². The van der Waals surface area contributed by atoms with Crippen LogP contribution in [-0.2, 0) is 4.79 Å². The number of aliphatic hydroxyl groups excluding tert-OH is 1. The zero-order valence-electron chi connectivity index (χ0n) is 9.41. The first-order valence-corrected chi connectivity index (χ1v) is 5.83. The summed E-state index contributed by atoms with van der Waals surface area (Å²) in [7, 11) is 0. The molecule has 0 aromatic heterocycles. The summed E-state index contributed by atoms with van der Waals surface area (Å²) in [4.78, 5) is 11.7. The zero-order valence-corrected chi connectivity index (χ0v) is 9.41. The highest BCUT2D eigenvalue weighted by molar-refractivity contribution is 5.78. The van der Waals surface area contributed by atoms with E-state index in [1.165, 1.54) is 0 Å². The maximum atomic E-state index is 11.7. The number of hydrogen-bond donors (Lipinski definition) is 3. The Kier molecular flexibility index (Phi) is 5.05. The summed E-state index contributed by atoms with van der Waals surface area (Å²) in [5.41, 5.74) is 5.40.